The van der Waals surface area contributed by atoms with Crippen LogP contribution in [0.15, 0.2) is 29.4 Å². The molecule has 0 aromatic carbocycles. The van der Waals surface area contributed by atoms with Crippen molar-refractivity contribution >= 4 is 5.96 Å². The molecule has 1 aromatic heterocycles. The van der Waals surface area contributed by atoms with Gasteiger partial charge < -0.3 is 16.0 Å². The number of hydrogen-bond donors (Lipinski definition) is 2. The normalized spacial score (nSPS) is 17.6. The van der Waals surface area contributed by atoms with E-state index in [0.29, 0.717) is 11.9 Å². The number of nitrogens with one attached hydrogen (secondary N) is 1. The van der Waals surface area contributed by atoms with E-state index in [0.717, 1.165) is 25.2 Å². The molecule has 1 aliphatic heterocycles. The number of nitrogens with two attached hydrogens (primary N) is 1. The van der Waals surface area contributed by atoms with Gasteiger partial charge in [-0.2, -0.15) is 0 Å². The summed E-state index contributed by atoms with van der Waals surface area (Å²) >= 11 is 0. The van der Waals surface area contributed by atoms with E-state index in [4.69, 9.17) is 5.73 Å². The molecule has 1 saturated heterocycles. The summed E-state index contributed by atoms with van der Waals surface area (Å²) in [5, 5.41) is 3.18. The van der Waals surface area contributed by atoms with Crippen molar-refractivity contribution in [1.82, 2.24) is 15.2 Å². The lowest BCUT2D eigenvalue weighted by atomic mass is 9.97. The Kier molecular flexibility index (Phi) is 7.16. The van der Waals surface area contributed by atoms with Gasteiger partial charge in [0.05, 0.1) is 0 Å². The Balaban J connectivity index is 1.61. The smallest absolute Gasteiger partial charge is 0.188 e. The highest BCUT2D eigenvalue weighted by atomic mass is 15.1. The molecule has 0 amide bonds. The Hall–Kier alpha value is -1.62. The lowest BCUT2D eigenvalue weighted by Crippen LogP contribution is -2.36. The molecule has 0 unspecified atom stereocenters. The maximum atomic E-state index is 5.94. The minimum Gasteiger partial charge on any atom is -0.370 e. The van der Waals surface area contributed by atoms with Gasteiger partial charge in [-0.25, -0.2) is 0 Å². The van der Waals surface area contributed by atoms with Gasteiger partial charge in [0.1, 0.15) is 0 Å². The van der Waals surface area contributed by atoms with Crippen molar-refractivity contribution in [3.05, 3.63) is 30.1 Å². The molecule has 1 aliphatic rings. The quantitative estimate of drug-likeness (QED) is 0.594. The lowest BCUT2D eigenvalue weighted by Gasteiger charge is -2.30. The largest absolute Gasteiger partial charge is 0.370 e. The van der Waals surface area contributed by atoms with E-state index < -0.39 is 0 Å². The standard InChI is InChI=1S/C17H29N5/c1-2-11-22-12-7-15(8-13-22)14-21-17(18)20-10-6-16-5-3-4-9-19-16/h3-5,9,15H,2,6-8,10-14H2,1H3,(H3,18,20,21). The third kappa shape index (κ3) is 6.02. The van der Waals surface area contributed by atoms with E-state index in [1.165, 1.54) is 38.9 Å². The van der Waals surface area contributed by atoms with E-state index in [9.17, 15) is 0 Å². The van der Waals surface area contributed by atoms with Gasteiger partial charge in [0.2, 0.25) is 0 Å². The van der Waals surface area contributed by atoms with Gasteiger partial charge in [0.15, 0.2) is 5.96 Å². The molecule has 0 saturated carbocycles. The molecule has 5 nitrogen and oxygen atoms in total. The lowest BCUT2D eigenvalue weighted by molar-refractivity contribution is 0.188. The molecule has 122 valence electrons. The number of likely N-dealkylation sites (tertiary alicyclic amines) is 1. The molecule has 2 heterocycles. The summed E-state index contributed by atoms with van der Waals surface area (Å²) in [6.07, 6.45) is 6.41. The fourth-order valence-electron chi connectivity index (χ4n) is 2.86. The van der Waals surface area contributed by atoms with E-state index in [1.807, 2.05) is 24.4 Å². The number of aliphatic imine (C=N–C) groups is 1. The van der Waals surface area contributed by atoms with Crippen molar-refractivity contribution in [1.29, 1.82) is 0 Å². The van der Waals surface area contributed by atoms with Crippen LogP contribution in [-0.4, -0.2) is 48.6 Å². The van der Waals surface area contributed by atoms with Crippen molar-refractivity contribution < 1.29 is 0 Å². The highest BCUT2D eigenvalue weighted by Gasteiger charge is 2.17. The van der Waals surface area contributed by atoms with Gasteiger partial charge in [-0.15, -0.1) is 0 Å². The van der Waals surface area contributed by atoms with Crippen LogP contribution >= 0.6 is 0 Å². The number of nitrogens with zero attached hydrogens (tertiary/aromatic N) is 3. The van der Waals surface area contributed by atoms with Gasteiger partial charge in [-0.1, -0.05) is 13.0 Å². The van der Waals surface area contributed by atoms with Crippen LogP contribution in [0.2, 0.25) is 0 Å². The molecule has 0 radical (unpaired) electrons. The molecule has 22 heavy (non-hydrogen) atoms. The summed E-state index contributed by atoms with van der Waals surface area (Å²) in [5.41, 5.74) is 7.01. The third-order valence-corrected chi connectivity index (χ3v) is 4.18. The SMILES string of the molecule is CCCN1CCC(CN=C(N)NCCc2ccccn2)CC1. The first kappa shape index (κ1) is 16.7. The highest BCUT2D eigenvalue weighted by Crippen LogP contribution is 2.17. The van der Waals surface area contributed by atoms with E-state index in [1.54, 1.807) is 0 Å². The van der Waals surface area contributed by atoms with Crippen LogP contribution in [0.4, 0.5) is 0 Å². The van der Waals surface area contributed by atoms with Gasteiger partial charge in [0, 0.05) is 31.4 Å². The average Bonchev–Trinajstić information content (AvgIpc) is 2.55. The summed E-state index contributed by atoms with van der Waals surface area (Å²) in [7, 11) is 0. The monoisotopic (exact) mass is 303 g/mol. The number of guanidine groups is 1. The van der Waals surface area contributed by atoms with Crippen molar-refractivity contribution in [2.45, 2.75) is 32.6 Å². The first-order valence-electron chi connectivity index (χ1n) is 8.44. The Morgan fingerprint density at radius 3 is 2.91 bits per heavy atom. The zero-order valence-corrected chi connectivity index (χ0v) is 13.7. The van der Waals surface area contributed by atoms with Crippen LogP contribution in [0.3, 0.4) is 0 Å². The fourth-order valence-corrected chi connectivity index (χ4v) is 2.86. The predicted octanol–water partition coefficient (Wildman–Crippen LogP) is 1.65. The first-order valence-corrected chi connectivity index (χ1v) is 8.44. The average molecular weight is 303 g/mol. The van der Waals surface area contributed by atoms with Crippen LogP contribution < -0.4 is 11.1 Å². The first-order chi connectivity index (χ1) is 10.8. The molecule has 0 spiro atoms. The Morgan fingerprint density at radius 1 is 1.41 bits per heavy atom. The zero-order valence-electron chi connectivity index (χ0n) is 13.7. The molecule has 0 bridgehead atoms. The zero-order chi connectivity index (χ0) is 15.6. The van der Waals surface area contributed by atoms with E-state index >= 15 is 0 Å². The molecule has 1 aromatic rings. The predicted molar refractivity (Wildman–Crippen MR) is 91.9 cm³/mol. The van der Waals surface area contributed by atoms with Crippen molar-refractivity contribution in [3.8, 4) is 0 Å². The van der Waals surface area contributed by atoms with Crippen LogP contribution in [-0.2, 0) is 6.42 Å². The summed E-state index contributed by atoms with van der Waals surface area (Å²) in [4.78, 5) is 11.3. The number of rotatable bonds is 7. The fraction of sp³-hybridized carbons (Fsp3) is 0.647. The molecule has 0 aliphatic carbocycles. The van der Waals surface area contributed by atoms with Crippen molar-refractivity contribution in [2.75, 3.05) is 32.7 Å². The summed E-state index contributed by atoms with van der Waals surface area (Å²) in [6, 6.07) is 5.96. The number of piperidine rings is 1. The Bertz CT molecular complexity index is 438. The molecule has 0 atom stereocenters. The Morgan fingerprint density at radius 2 is 2.23 bits per heavy atom. The van der Waals surface area contributed by atoms with Gasteiger partial charge in [-0.05, 0) is 56.9 Å². The Labute approximate surface area is 134 Å². The van der Waals surface area contributed by atoms with Gasteiger partial charge in [-0.3, -0.25) is 9.98 Å². The molecule has 5 heteroatoms. The second-order valence-corrected chi connectivity index (χ2v) is 6.01. The van der Waals surface area contributed by atoms with Gasteiger partial charge in [0.25, 0.3) is 0 Å². The maximum absolute atomic E-state index is 5.94. The summed E-state index contributed by atoms with van der Waals surface area (Å²) < 4.78 is 0. The van der Waals surface area contributed by atoms with Gasteiger partial charge >= 0.3 is 0 Å². The number of pyridine rings is 1. The second-order valence-electron chi connectivity index (χ2n) is 6.01. The number of aromatic nitrogens is 1. The molecule has 1 fully saturated rings. The highest BCUT2D eigenvalue weighted by molar-refractivity contribution is 5.77. The summed E-state index contributed by atoms with van der Waals surface area (Å²) in [6.45, 7) is 7.52. The van der Waals surface area contributed by atoms with Crippen molar-refractivity contribution in [2.24, 2.45) is 16.6 Å². The minimum atomic E-state index is 0.562. The molecule has 3 N–H and O–H groups in total. The van der Waals surface area contributed by atoms with Crippen molar-refractivity contribution in [3.63, 3.8) is 0 Å². The van der Waals surface area contributed by atoms with E-state index in [-0.39, 0.29) is 0 Å². The minimum absolute atomic E-state index is 0.562. The van der Waals surface area contributed by atoms with E-state index in [2.05, 4.69) is 27.1 Å². The van der Waals surface area contributed by atoms with Crippen LogP contribution in [0.25, 0.3) is 0 Å². The molecule has 2 rings (SSSR count). The summed E-state index contributed by atoms with van der Waals surface area (Å²) in [5.74, 6) is 1.25. The molecular weight excluding hydrogens is 274 g/mol. The molecular formula is C17H29N5. The topological polar surface area (TPSA) is 66.5 Å². The van der Waals surface area contributed by atoms with Crippen LogP contribution in [0.1, 0.15) is 31.9 Å². The van der Waals surface area contributed by atoms with Crippen LogP contribution in [0, 0.1) is 5.92 Å². The number of hydrogen-bond acceptors (Lipinski definition) is 3. The maximum Gasteiger partial charge on any atom is 0.188 e. The van der Waals surface area contributed by atoms with Crippen LogP contribution in [0.5, 0.6) is 0 Å². The second kappa shape index (κ2) is 9.41. The third-order valence-electron chi connectivity index (χ3n) is 4.18.